The van der Waals surface area contributed by atoms with Gasteiger partial charge in [-0.1, -0.05) is 0 Å². The summed E-state index contributed by atoms with van der Waals surface area (Å²) < 4.78 is 5.26. The summed E-state index contributed by atoms with van der Waals surface area (Å²) in [6.07, 6.45) is 2.94. The molecule has 1 fully saturated rings. The fourth-order valence-electron chi connectivity index (χ4n) is 1.79. The van der Waals surface area contributed by atoms with Crippen LogP contribution in [0.4, 0.5) is 4.79 Å². The molecule has 0 spiro atoms. The number of ether oxygens (including phenoxy) is 1. The first kappa shape index (κ1) is 15.7. The van der Waals surface area contributed by atoms with Gasteiger partial charge in [0, 0.05) is 12.4 Å². The van der Waals surface area contributed by atoms with Gasteiger partial charge < -0.3 is 15.4 Å². The molecule has 0 radical (unpaired) electrons. The molecule has 0 bridgehead atoms. The van der Waals surface area contributed by atoms with Gasteiger partial charge >= 0.3 is 6.09 Å². The first-order valence-corrected chi connectivity index (χ1v) is 5.84. The maximum Gasteiger partial charge on any atom is 0.410 e. The summed E-state index contributed by atoms with van der Waals surface area (Å²) in [5, 5.41) is 0. The van der Waals surface area contributed by atoms with Crippen molar-refractivity contribution in [3.05, 3.63) is 24.3 Å². The Bertz CT molecular complexity index is 441. The van der Waals surface area contributed by atoms with E-state index in [-0.39, 0.29) is 18.5 Å². The quantitative estimate of drug-likeness (QED) is 0.841. The van der Waals surface area contributed by atoms with E-state index in [1.165, 1.54) is 0 Å². The van der Waals surface area contributed by atoms with Gasteiger partial charge in [0.15, 0.2) is 5.82 Å². The van der Waals surface area contributed by atoms with E-state index in [2.05, 4.69) is 9.97 Å². The third-order valence-corrected chi connectivity index (χ3v) is 2.61. The van der Waals surface area contributed by atoms with E-state index in [1.807, 2.05) is 20.8 Å². The molecule has 106 valence electrons. The number of nitrogens with two attached hydrogens (primary N) is 1. The minimum absolute atomic E-state index is 0. The van der Waals surface area contributed by atoms with Crippen molar-refractivity contribution in [3.8, 4) is 0 Å². The molecule has 2 rings (SSSR count). The van der Waals surface area contributed by atoms with Crippen LogP contribution in [0.3, 0.4) is 0 Å². The standard InChI is InChI=1S/C12H18N4O2.ClH/c1-11(2,3)18-10(17)16-7-12(13,8-16)9-14-5-4-6-15-9;/h4-6H,7-8,13H2,1-3H3;1H. The third kappa shape index (κ3) is 3.54. The van der Waals surface area contributed by atoms with E-state index < -0.39 is 11.1 Å². The summed E-state index contributed by atoms with van der Waals surface area (Å²) in [6.45, 7) is 6.26. The Kier molecular flexibility index (Phi) is 4.37. The molecule has 1 aromatic rings. The maximum absolute atomic E-state index is 11.8. The van der Waals surface area contributed by atoms with Gasteiger partial charge in [-0.05, 0) is 26.8 Å². The second-order valence-corrected chi connectivity index (χ2v) is 5.56. The number of nitrogens with zero attached hydrogens (tertiary/aromatic N) is 3. The molecule has 1 aliphatic rings. The van der Waals surface area contributed by atoms with Crippen LogP contribution in [-0.4, -0.2) is 39.7 Å². The molecule has 1 amide bonds. The number of carbonyl (C=O) groups excluding carboxylic acids is 1. The molecule has 1 saturated heterocycles. The zero-order valence-corrected chi connectivity index (χ0v) is 12.1. The highest BCUT2D eigenvalue weighted by Crippen LogP contribution is 2.27. The fourth-order valence-corrected chi connectivity index (χ4v) is 1.79. The molecule has 2 heterocycles. The average Bonchev–Trinajstić information content (AvgIpc) is 2.23. The molecule has 0 aromatic carbocycles. The highest BCUT2D eigenvalue weighted by molar-refractivity contribution is 5.85. The first-order chi connectivity index (χ1) is 8.30. The van der Waals surface area contributed by atoms with Crippen LogP contribution >= 0.6 is 12.4 Å². The molecule has 1 aliphatic heterocycles. The predicted octanol–water partition coefficient (Wildman–Crippen LogP) is 1.30. The number of carbonyl (C=O) groups is 1. The molecule has 1 aromatic heterocycles. The Morgan fingerprint density at radius 3 is 2.37 bits per heavy atom. The molecule has 19 heavy (non-hydrogen) atoms. The molecule has 6 nitrogen and oxygen atoms in total. The monoisotopic (exact) mass is 286 g/mol. The van der Waals surface area contributed by atoms with Crippen molar-refractivity contribution in [2.45, 2.75) is 31.9 Å². The fraction of sp³-hybridized carbons (Fsp3) is 0.583. The summed E-state index contributed by atoms with van der Waals surface area (Å²) in [4.78, 5) is 21.6. The highest BCUT2D eigenvalue weighted by atomic mass is 35.5. The number of amides is 1. The molecule has 0 atom stereocenters. The van der Waals surface area contributed by atoms with Crippen LogP contribution in [0.25, 0.3) is 0 Å². The van der Waals surface area contributed by atoms with Crippen LogP contribution in [-0.2, 0) is 10.3 Å². The summed E-state index contributed by atoms with van der Waals surface area (Å²) in [6, 6.07) is 1.73. The van der Waals surface area contributed by atoms with Gasteiger partial charge in [0.2, 0.25) is 0 Å². The molecular formula is C12H19ClN4O2. The number of halogens is 1. The normalized spacial score (nSPS) is 17.2. The van der Waals surface area contributed by atoms with Crippen LogP contribution in [0.2, 0.25) is 0 Å². The third-order valence-electron chi connectivity index (χ3n) is 2.61. The van der Waals surface area contributed by atoms with E-state index in [0.717, 1.165) is 0 Å². The zero-order valence-electron chi connectivity index (χ0n) is 11.3. The van der Waals surface area contributed by atoms with Gasteiger partial charge in [-0.15, -0.1) is 12.4 Å². The van der Waals surface area contributed by atoms with Crippen LogP contribution in [0.15, 0.2) is 18.5 Å². The topological polar surface area (TPSA) is 81.3 Å². The molecule has 7 heteroatoms. The molecule has 2 N–H and O–H groups in total. The SMILES string of the molecule is CC(C)(C)OC(=O)N1CC(N)(c2ncccn2)C1.Cl. The van der Waals surface area contributed by atoms with Crippen molar-refractivity contribution in [1.29, 1.82) is 0 Å². The van der Waals surface area contributed by atoms with E-state index in [0.29, 0.717) is 18.9 Å². The Balaban J connectivity index is 0.00000180. The molecule has 0 unspecified atom stereocenters. The zero-order chi connectivity index (χ0) is 13.4. The van der Waals surface area contributed by atoms with Gasteiger partial charge in [0.05, 0.1) is 13.1 Å². The van der Waals surface area contributed by atoms with E-state index in [4.69, 9.17) is 10.5 Å². The minimum Gasteiger partial charge on any atom is -0.444 e. The van der Waals surface area contributed by atoms with Crippen LogP contribution in [0.1, 0.15) is 26.6 Å². The van der Waals surface area contributed by atoms with Crippen LogP contribution in [0.5, 0.6) is 0 Å². The van der Waals surface area contributed by atoms with Gasteiger partial charge in [0.1, 0.15) is 11.1 Å². The predicted molar refractivity (Wildman–Crippen MR) is 73.0 cm³/mol. The summed E-state index contributed by atoms with van der Waals surface area (Å²) in [5.74, 6) is 0.560. The van der Waals surface area contributed by atoms with Gasteiger partial charge in [-0.3, -0.25) is 0 Å². The lowest BCUT2D eigenvalue weighted by Crippen LogP contribution is -2.67. The second kappa shape index (κ2) is 5.30. The average molecular weight is 287 g/mol. The van der Waals surface area contributed by atoms with Crippen LogP contribution in [0, 0.1) is 0 Å². The molecular weight excluding hydrogens is 268 g/mol. The van der Waals surface area contributed by atoms with E-state index >= 15 is 0 Å². The number of rotatable bonds is 1. The first-order valence-electron chi connectivity index (χ1n) is 5.84. The van der Waals surface area contributed by atoms with Gasteiger partial charge in [-0.25, -0.2) is 14.8 Å². The molecule has 0 aliphatic carbocycles. The van der Waals surface area contributed by atoms with Crippen molar-refractivity contribution in [3.63, 3.8) is 0 Å². The Morgan fingerprint density at radius 1 is 1.37 bits per heavy atom. The number of aromatic nitrogens is 2. The number of hydrogen-bond donors (Lipinski definition) is 1. The Morgan fingerprint density at radius 2 is 1.89 bits per heavy atom. The van der Waals surface area contributed by atoms with Gasteiger partial charge in [-0.2, -0.15) is 0 Å². The number of hydrogen-bond acceptors (Lipinski definition) is 5. The number of likely N-dealkylation sites (tertiary alicyclic amines) is 1. The summed E-state index contributed by atoms with van der Waals surface area (Å²) in [5.41, 5.74) is 4.99. The smallest absolute Gasteiger partial charge is 0.410 e. The van der Waals surface area contributed by atoms with Crippen molar-refractivity contribution in [1.82, 2.24) is 14.9 Å². The van der Waals surface area contributed by atoms with Crippen molar-refractivity contribution in [2.24, 2.45) is 5.73 Å². The molecule has 0 saturated carbocycles. The van der Waals surface area contributed by atoms with Gasteiger partial charge in [0.25, 0.3) is 0 Å². The Hall–Kier alpha value is -1.40. The van der Waals surface area contributed by atoms with Crippen molar-refractivity contribution in [2.75, 3.05) is 13.1 Å². The van der Waals surface area contributed by atoms with Crippen molar-refractivity contribution < 1.29 is 9.53 Å². The lowest BCUT2D eigenvalue weighted by Gasteiger charge is -2.46. The Labute approximate surface area is 118 Å². The van der Waals surface area contributed by atoms with E-state index in [1.54, 1.807) is 23.4 Å². The largest absolute Gasteiger partial charge is 0.444 e. The van der Waals surface area contributed by atoms with E-state index in [9.17, 15) is 4.79 Å². The van der Waals surface area contributed by atoms with Crippen molar-refractivity contribution >= 4 is 18.5 Å². The lowest BCUT2D eigenvalue weighted by atomic mass is 9.90. The van der Waals surface area contributed by atoms with Crippen LogP contribution < -0.4 is 5.73 Å². The second-order valence-electron chi connectivity index (χ2n) is 5.56. The summed E-state index contributed by atoms with van der Waals surface area (Å²) >= 11 is 0. The summed E-state index contributed by atoms with van der Waals surface area (Å²) in [7, 11) is 0. The highest BCUT2D eigenvalue weighted by Gasteiger charge is 2.46. The lowest BCUT2D eigenvalue weighted by molar-refractivity contribution is -0.0105. The minimum atomic E-state index is -0.655. The maximum atomic E-state index is 11.8.